The van der Waals surface area contributed by atoms with Crippen LogP contribution in [0.3, 0.4) is 0 Å². The number of nitrogens with one attached hydrogen (secondary N) is 2. The molecule has 0 radical (unpaired) electrons. The van der Waals surface area contributed by atoms with Crippen LogP contribution in [0.4, 0.5) is 0 Å². The Bertz CT molecular complexity index is 761. The first-order chi connectivity index (χ1) is 11.5. The van der Waals surface area contributed by atoms with Crippen LogP contribution in [0.25, 0.3) is 0 Å². The Kier molecular flexibility index (Phi) is 4.42. The summed E-state index contributed by atoms with van der Waals surface area (Å²) in [6.07, 6.45) is 2.74. The number of nitrogens with zero attached hydrogens (tertiary/aromatic N) is 3. The number of aryl methyl sites for hydroxylation is 2. The van der Waals surface area contributed by atoms with E-state index < -0.39 is 0 Å². The van der Waals surface area contributed by atoms with E-state index in [0.29, 0.717) is 25.1 Å². The van der Waals surface area contributed by atoms with Crippen LogP contribution in [0.5, 0.6) is 0 Å². The molecule has 2 unspecified atom stereocenters. The Morgan fingerprint density at radius 1 is 1.42 bits per heavy atom. The Labute approximate surface area is 141 Å². The molecule has 2 amide bonds. The van der Waals surface area contributed by atoms with Gasteiger partial charge < -0.3 is 15.2 Å². The minimum atomic E-state index is -0.265. The molecule has 2 atom stereocenters. The zero-order valence-electron chi connectivity index (χ0n) is 14.2. The van der Waals surface area contributed by atoms with Crippen LogP contribution in [-0.4, -0.2) is 32.2 Å². The summed E-state index contributed by atoms with van der Waals surface area (Å²) >= 11 is 0. The molecule has 0 bridgehead atoms. The van der Waals surface area contributed by atoms with Crippen LogP contribution in [0.1, 0.15) is 47.7 Å². The summed E-state index contributed by atoms with van der Waals surface area (Å²) in [6.45, 7) is 4.67. The molecule has 1 aliphatic heterocycles. The molecule has 0 saturated carbocycles. The largest absolute Gasteiger partial charge is 0.346 e. The quantitative estimate of drug-likeness (QED) is 0.887. The molecule has 0 aliphatic carbocycles. The molecule has 3 rings (SSSR count). The average molecular weight is 329 g/mol. The van der Waals surface area contributed by atoms with E-state index in [1.54, 1.807) is 6.20 Å². The molecule has 2 aromatic rings. The van der Waals surface area contributed by atoms with Gasteiger partial charge in [-0.15, -0.1) is 0 Å². The zero-order chi connectivity index (χ0) is 17.3. The molecular weight excluding hydrogens is 306 g/mol. The molecule has 3 heterocycles. The van der Waals surface area contributed by atoms with Crippen LogP contribution in [0.15, 0.2) is 24.4 Å². The molecule has 7 nitrogen and oxygen atoms in total. The van der Waals surface area contributed by atoms with Gasteiger partial charge in [0.25, 0.3) is 5.91 Å². The molecule has 24 heavy (non-hydrogen) atoms. The Morgan fingerprint density at radius 3 is 2.88 bits per heavy atom. The first-order valence-electron chi connectivity index (χ1n) is 8.25. The summed E-state index contributed by atoms with van der Waals surface area (Å²) in [4.78, 5) is 24.5. The van der Waals surface area contributed by atoms with Crippen LogP contribution in [0.2, 0.25) is 0 Å². The third kappa shape index (κ3) is 2.93. The monoisotopic (exact) mass is 329 g/mol. The lowest BCUT2D eigenvalue weighted by Gasteiger charge is -2.33. The highest BCUT2D eigenvalue weighted by Crippen LogP contribution is 2.24. The zero-order valence-corrected chi connectivity index (χ0v) is 14.2. The Balaban J connectivity index is 1.83. The van der Waals surface area contributed by atoms with Gasteiger partial charge in [0.05, 0.1) is 17.8 Å². The number of rotatable bonds is 4. The van der Waals surface area contributed by atoms with Crippen LogP contribution in [0, 0.1) is 6.92 Å². The molecule has 128 valence electrons. The van der Waals surface area contributed by atoms with Crippen molar-refractivity contribution in [2.75, 3.05) is 0 Å². The van der Waals surface area contributed by atoms with Gasteiger partial charge in [-0.1, -0.05) is 0 Å². The summed E-state index contributed by atoms with van der Waals surface area (Å²) in [6, 6.07) is 5.20. The van der Waals surface area contributed by atoms with E-state index >= 15 is 0 Å². The smallest absolute Gasteiger partial charge is 0.268 e. The minimum absolute atomic E-state index is 0.00376. The SMILES string of the molecule is CCn1nccc1C1NC(=O)CCC1NC(=O)c1ccc(C)n1C. The Hall–Kier alpha value is -2.57. The molecule has 1 fully saturated rings. The molecule has 1 saturated heterocycles. The van der Waals surface area contributed by atoms with Gasteiger partial charge in [0.1, 0.15) is 5.69 Å². The van der Waals surface area contributed by atoms with E-state index in [1.165, 1.54) is 0 Å². The van der Waals surface area contributed by atoms with Crippen molar-refractivity contribution in [1.29, 1.82) is 0 Å². The Morgan fingerprint density at radius 2 is 2.21 bits per heavy atom. The summed E-state index contributed by atoms with van der Waals surface area (Å²) in [7, 11) is 1.87. The molecule has 7 heteroatoms. The fourth-order valence-electron chi connectivity index (χ4n) is 3.19. The molecule has 2 N–H and O–H groups in total. The molecular formula is C17H23N5O2. The second-order valence-corrected chi connectivity index (χ2v) is 6.15. The number of amides is 2. The van der Waals surface area contributed by atoms with Gasteiger partial charge >= 0.3 is 0 Å². The topological polar surface area (TPSA) is 81.0 Å². The van der Waals surface area contributed by atoms with Gasteiger partial charge in [0.15, 0.2) is 0 Å². The van der Waals surface area contributed by atoms with E-state index in [-0.39, 0.29) is 23.9 Å². The van der Waals surface area contributed by atoms with Gasteiger partial charge in [-0.2, -0.15) is 5.10 Å². The summed E-state index contributed by atoms with van der Waals surface area (Å²) in [5.41, 5.74) is 2.56. The third-order valence-corrected chi connectivity index (χ3v) is 4.69. The normalized spacial score (nSPS) is 20.7. The van der Waals surface area contributed by atoms with E-state index in [2.05, 4.69) is 15.7 Å². The van der Waals surface area contributed by atoms with Crippen molar-refractivity contribution in [2.45, 2.75) is 45.3 Å². The third-order valence-electron chi connectivity index (χ3n) is 4.69. The molecule has 0 aromatic carbocycles. The van der Waals surface area contributed by atoms with E-state index in [0.717, 1.165) is 11.4 Å². The lowest BCUT2D eigenvalue weighted by atomic mass is 9.95. The second-order valence-electron chi connectivity index (χ2n) is 6.15. The summed E-state index contributed by atoms with van der Waals surface area (Å²) < 4.78 is 3.71. The van der Waals surface area contributed by atoms with Crippen molar-refractivity contribution >= 4 is 11.8 Å². The predicted octanol–water partition coefficient (Wildman–Crippen LogP) is 1.30. The van der Waals surface area contributed by atoms with E-state index in [4.69, 9.17) is 0 Å². The van der Waals surface area contributed by atoms with Crippen LogP contribution in [-0.2, 0) is 18.4 Å². The highest BCUT2D eigenvalue weighted by molar-refractivity contribution is 5.93. The average Bonchev–Trinajstić information content (AvgIpc) is 3.16. The maximum atomic E-state index is 12.6. The minimum Gasteiger partial charge on any atom is -0.346 e. The highest BCUT2D eigenvalue weighted by Gasteiger charge is 2.33. The van der Waals surface area contributed by atoms with Crippen molar-refractivity contribution in [3.8, 4) is 0 Å². The van der Waals surface area contributed by atoms with Crippen LogP contribution < -0.4 is 10.6 Å². The van der Waals surface area contributed by atoms with Crippen molar-refractivity contribution in [1.82, 2.24) is 25.0 Å². The van der Waals surface area contributed by atoms with E-state index in [9.17, 15) is 9.59 Å². The van der Waals surface area contributed by atoms with Crippen molar-refractivity contribution in [3.63, 3.8) is 0 Å². The number of carbonyl (C=O) groups excluding carboxylic acids is 2. The second kappa shape index (κ2) is 6.51. The van der Waals surface area contributed by atoms with E-state index in [1.807, 2.05) is 48.3 Å². The first-order valence-corrected chi connectivity index (χ1v) is 8.25. The van der Waals surface area contributed by atoms with Gasteiger partial charge in [0.2, 0.25) is 5.91 Å². The number of piperidine rings is 1. The number of carbonyl (C=O) groups is 2. The molecule has 1 aliphatic rings. The lowest BCUT2D eigenvalue weighted by Crippen LogP contribution is -2.51. The standard InChI is InChI=1S/C17H23N5O2/c1-4-22-13(9-10-18-22)16-12(6-8-15(23)20-16)19-17(24)14-7-5-11(2)21(14)3/h5,7,9-10,12,16H,4,6,8H2,1-3H3,(H,19,24)(H,20,23). The van der Waals surface area contributed by atoms with Gasteiger partial charge in [-0.3, -0.25) is 14.3 Å². The first kappa shape index (κ1) is 16.3. The van der Waals surface area contributed by atoms with Gasteiger partial charge in [-0.25, -0.2) is 0 Å². The predicted molar refractivity (Wildman–Crippen MR) is 89.4 cm³/mol. The van der Waals surface area contributed by atoms with Gasteiger partial charge in [0, 0.05) is 31.9 Å². The van der Waals surface area contributed by atoms with Crippen molar-refractivity contribution < 1.29 is 9.59 Å². The summed E-state index contributed by atoms with van der Waals surface area (Å²) in [5, 5.41) is 10.4. The van der Waals surface area contributed by atoms with Crippen molar-refractivity contribution in [3.05, 3.63) is 41.5 Å². The van der Waals surface area contributed by atoms with Crippen LogP contribution >= 0.6 is 0 Å². The number of hydrogen-bond donors (Lipinski definition) is 2. The number of hydrogen-bond acceptors (Lipinski definition) is 3. The fraction of sp³-hybridized carbons (Fsp3) is 0.471. The summed E-state index contributed by atoms with van der Waals surface area (Å²) in [5.74, 6) is -0.122. The highest BCUT2D eigenvalue weighted by atomic mass is 16.2. The lowest BCUT2D eigenvalue weighted by molar-refractivity contribution is -0.123. The van der Waals surface area contributed by atoms with Crippen molar-refractivity contribution in [2.24, 2.45) is 7.05 Å². The maximum absolute atomic E-state index is 12.6. The maximum Gasteiger partial charge on any atom is 0.268 e. The van der Waals surface area contributed by atoms with Gasteiger partial charge in [-0.05, 0) is 38.5 Å². The molecule has 0 spiro atoms. The molecule has 2 aromatic heterocycles. The fourth-order valence-corrected chi connectivity index (χ4v) is 3.19. The number of aromatic nitrogens is 3.